The Labute approximate surface area is 276 Å². The van der Waals surface area contributed by atoms with Crippen molar-refractivity contribution in [1.29, 1.82) is 0 Å². The standard InChI is InChI=1S/C38H40N2O6S/c1-5-25-22-30(36(41)39-20-21-47(43,44)45)11-10-28(25)23-33(26-12-16-31(17-13-26)38(2,3)4)37(42)40-32-18-14-27(15-19-32)35-24-29-8-6-7-9-34(29)46-35/h6-19,22,24,33H,5,20-21,23H2,1-4H3,(H,39,41)(H,40,42)(H,43,44,45). The summed E-state index contributed by atoms with van der Waals surface area (Å²) in [5.41, 5.74) is 6.61. The van der Waals surface area contributed by atoms with E-state index in [2.05, 4.69) is 43.5 Å². The fourth-order valence-corrected chi connectivity index (χ4v) is 5.92. The summed E-state index contributed by atoms with van der Waals surface area (Å²) in [6.07, 6.45) is 1.04. The van der Waals surface area contributed by atoms with Crippen molar-refractivity contribution in [3.8, 4) is 11.3 Å². The van der Waals surface area contributed by atoms with Gasteiger partial charge in [0.2, 0.25) is 5.91 Å². The Balaban J connectivity index is 1.38. The highest BCUT2D eigenvalue weighted by Crippen LogP contribution is 2.31. The van der Waals surface area contributed by atoms with Crippen molar-refractivity contribution in [2.75, 3.05) is 17.6 Å². The van der Waals surface area contributed by atoms with Crippen LogP contribution in [0.2, 0.25) is 0 Å². The lowest BCUT2D eigenvalue weighted by molar-refractivity contribution is -0.117. The molecular formula is C38H40N2O6S. The molecule has 8 nitrogen and oxygen atoms in total. The Kier molecular flexibility index (Phi) is 9.98. The van der Waals surface area contributed by atoms with Crippen LogP contribution in [0.5, 0.6) is 0 Å². The van der Waals surface area contributed by atoms with Crippen molar-refractivity contribution >= 4 is 38.6 Å². The second kappa shape index (κ2) is 13.9. The maximum atomic E-state index is 14.0. The van der Waals surface area contributed by atoms with Gasteiger partial charge in [-0.15, -0.1) is 0 Å². The van der Waals surface area contributed by atoms with Gasteiger partial charge >= 0.3 is 0 Å². The first-order valence-corrected chi connectivity index (χ1v) is 17.3. The molecule has 47 heavy (non-hydrogen) atoms. The van der Waals surface area contributed by atoms with E-state index in [-0.39, 0.29) is 17.9 Å². The molecule has 0 saturated heterocycles. The largest absolute Gasteiger partial charge is 0.456 e. The molecule has 5 aromatic rings. The van der Waals surface area contributed by atoms with Gasteiger partial charge in [0.1, 0.15) is 11.3 Å². The van der Waals surface area contributed by atoms with Crippen molar-refractivity contribution < 1.29 is 27.0 Å². The molecule has 2 amide bonds. The van der Waals surface area contributed by atoms with E-state index in [1.807, 2.05) is 79.7 Å². The number of fused-ring (bicyclic) bond motifs is 1. The van der Waals surface area contributed by atoms with E-state index in [0.29, 0.717) is 24.1 Å². The highest BCUT2D eigenvalue weighted by atomic mass is 32.2. The zero-order valence-electron chi connectivity index (χ0n) is 27.0. The van der Waals surface area contributed by atoms with Crippen LogP contribution in [0.25, 0.3) is 22.3 Å². The molecular weight excluding hydrogens is 612 g/mol. The van der Waals surface area contributed by atoms with Crippen LogP contribution in [0.3, 0.4) is 0 Å². The van der Waals surface area contributed by atoms with E-state index < -0.39 is 27.7 Å². The number of aryl methyl sites for hydroxylation is 1. The molecule has 0 saturated carbocycles. The minimum absolute atomic E-state index is 0.0367. The van der Waals surface area contributed by atoms with Crippen LogP contribution < -0.4 is 10.6 Å². The molecule has 0 fully saturated rings. The van der Waals surface area contributed by atoms with Crippen LogP contribution >= 0.6 is 0 Å². The first kappa shape index (κ1) is 33.6. The third-order valence-electron chi connectivity index (χ3n) is 8.28. The number of hydrogen-bond donors (Lipinski definition) is 3. The lowest BCUT2D eigenvalue weighted by Gasteiger charge is -2.22. The van der Waals surface area contributed by atoms with Crippen LogP contribution in [-0.2, 0) is 33.2 Å². The minimum Gasteiger partial charge on any atom is -0.456 e. The SMILES string of the molecule is CCc1cc(C(=O)NCCS(=O)(=O)O)ccc1CC(C(=O)Nc1ccc(-c2cc3ccccc3o2)cc1)c1ccc(C(C)(C)C)cc1. The second-order valence-corrected chi connectivity index (χ2v) is 14.3. The number of amides is 2. The van der Waals surface area contributed by atoms with Crippen LogP contribution in [0.4, 0.5) is 5.69 Å². The van der Waals surface area contributed by atoms with Gasteiger partial charge in [0.15, 0.2) is 0 Å². The summed E-state index contributed by atoms with van der Waals surface area (Å²) in [5.74, 6) is -0.917. The van der Waals surface area contributed by atoms with E-state index in [1.165, 1.54) is 5.56 Å². The maximum absolute atomic E-state index is 14.0. The van der Waals surface area contributed by atoms with E-state index >= 15 is 0 Å². The predicted molar refractivity (Wildman–Crippen MR) is 186 cm³/mol. The molecule has 1 aromatic heterocycles. The fraction of sp³-hybridized carbons (Fsp3) is 0.263. The molecule has 0 aliphatic heterocycles. The van der Waals surface area contributed by atoms with Gasteiger partial charge in [0.25, 0.3) is 16.0 Å². The molecule has 0 aliphatic carbocycles. The van der Waals surface area contributed by atoms with Gasteiger partial charge in [0, 0.05) is 28.7 Å². The van der Waals surface area contributed by atoms with Crippen LogP contribution in [-0.4, -0.2) is 37.1 Å². The fourth-order valence-electron chi connectivity index (χ4n) is 5.56. The average molecular weight is 653 g/mol. The molecule has 4 aromatic carbocycles. The molecule has 5 rings (SSSR count). The maximum Gasteiger partial charge on any atom is 0.266 e. The van der Waals surface area contributed by atoms with Crippen molar-refractivity contribution in [2.45, 2.75) is 51.9 Å². The summed E-state index contributed by atoms with van der Waals surface area (Å²) in [6.45, 7) is 8.22. The summed E-state index contributed by atoms with van der Waals surface area (Å²) in [4.78, 5) is 26.7. The quantitative estimate of drug-likeness (QED) is 0.127. The number of carbonyl (C=O) groups is 2. The van der Waals surface area contributed by atoms with Crippen molar-refractivity contribution in [3.05, 3.63) is 125 Å². The van der Waals surface area contributed by atoms with Crippen LogP contribution in [0.1, 0.15) is 66.2 Å². The molecule has 1 heterocycles. The highest BCUT2D eigenvalue weighted by molar-refractivity contribution is 7.85. The number of rotatable bonds is 11. The van der Waals surface area contributed by atoms with Crippen molar-refractivity contribution in [2.24, 2.45) is 0 Å². The monoisotopic (exact) mass is 652 g/mol. The summed E-state index contributed by atoms with van der Waals surface area (Å²) in [7, 11) is -4.18. The molecule has 244 valence electrons. The number of hydrogen-bond acceptors (Lipinski definition) is 5. The van der Waals surface area contributed by atoms with E-state index in [1.54, 1.807) is 12.1 Å². The summed E-state index contributed by atoms with van der Waals surface area (Å²) >= 11 is 0. The van der Waals surface area contributed by atoms with Gasteiger partial charge in [0.05, 0.1) is 11.7 Å². The summed E-state index contributed by atoms with van der Waals surface area (Å²) < 4.78 is 37.0. The molecule has 3 N–H and O–H groups in total. The van der Waals surface area contributed by atoms with Gasteiger partial charge in [-0.05, 0) is 89.0 Å². The van der Waals surface area contributed by atoms with Crippen molar-refractivity contribution in [3.63, 3.8) is 0 Å². The van der Waals surface area contributed by atoms with Crippen molar-refractivity contribution in [1.82, 2.24) is 5.32 Å². The molecule has 0 spiro atoms. The number of furan rings is 1. The normalized spacial score (nSPS) is 12.5. The number of benzene rings is 4. The number of anilines is 1. The zero-order chi connectivity index (χ0) is 33.8. The Morgan fingerprint density at radius 3 is 2.21 bits per heavy atom. The topological polar surface area (TPSA) is 126 Å². The smallest absolute Gasteiger partial charge is 0.266 e. The van der Waals surface area contributed by atoms with Gasteiger partial charge in [-0.25, -0.2) is 0 Å². The Bertz CT molecular complexity index is 1960. The minimum atomic E-state index is -4.18. The Hall–Kier alpha value is -4.73. The zero-order valence-corrected chi connectivity index (χ0v) is 27.9. The average Bonchev–Trinajstić information content (AvgIpc) is 3.47. The highest BCUT2D eigenvalue weighted by Gasteiger charge is 2.24. The molecule has 1 atom stereocenters. The number of para-hydroxylation sites is 1. The third kappa shape index (κ3) is 8.55. The Morgan fingerprint density at radius 1 is 0.872 bits per heavy atom. The number of carbonyl (C=O) groups excluding carboxylic acids is 2. The predicted octanol–water partition coefficient (Wildman–Crippen LogP) is 7.54. The Morgan fingerprint density at radius 2 is 1.57 bits per heavy atom. The van der Waals surface area contributed by atoms with Gasteiger partial charge in [-0.1, -0.05) is 76.2 Å². The first-order chi connectivity index (χ1) is 22.3. The summed E-state index contributed by atoms with van der Waals surface area (Å²) in [6, 6.07) is 30.9. The van der Waals surface area contributed by atoms with Gasteiger partial charge in [-0.2, -0.15) is 8.42 Å². The molecule has 1 unspecified atom stereocenters. The summed E-state index contributed by atoms with van der Waals surface area (Å²) in [5, 5.41) is 6.66. The van der Waals surface area contributed by atoms with Gasteiger partial charge < -0.3 is 15.1 Å². The first-order valence-electron chi connectivity index (χ1n) is 15.7. The van der Waals surface area contributed by atoms with Crippen LogP contribution in [0.15, 0.2) is 101 Å². The lowest BCUT2D eigenvalue weighted by Crippen LogP contribution is -2.29. The van der Waals surface area contributed by atoms with Gasteiger partial charge in [-0.3, -0.25) is 14.1 Å². The van der Waals surface area contributed by atoms with E-state index in [4.69, 9.17) is 8.97 Å². The number of nitrogens with one attached hydrogen (secondary N) is 2. The second-order valence-electron chi connectivity index (χ2n) is 12.7. The molecule has 0 radical (unpaired) electrons. The molecule has 9 heteroatoms. The molecule has 0 bridgehead atoms. The van der Waals surface area contributed by atoms with Crippen LogP contribution in [0, 0.1) is 0 Å². The van der Waals surface area contributed by atoms with E-state index in [9.17, 15) is 18.0 Å². The van der Waals surface area contributed by atoms with E-state index in [0.717, 1.165) is 39.0 Å². The third-order valence-corrected chi connectivity index (χ3v) is 9.00. The lowest BCUT2D eigenvalue weighted by atomic mass is 9.83. The molecule has 0 aliphatic rings.